The third-order valence-electron chi connectivity index (χ3n) is 2.14. The van der Waals surface area contributed by atoms with Crippen molar-refractivity contribution in [3.8, 4) is 5.88 Å². The number of aryl methyl sites for hydroxylation is 1. The monoisotopic (exact) mass is 259 g/mol. The maximum Gasteiger partial charge on any atom is 0.272 e. The lowest BCUT2D eigenvalue weighted by Gasteiger charge is -2.10. The molecule has 0 bridgehead atoms. The third kappa shape index (κ3) is 5.25. The molecular formula is C12H19F2N3O. The first-order valence-electron chi connectivity index (χ1n) is 6.18. The summed E-state index contributed by atoms with van der Waals surface area (Å²) in [6.45, 7) is 4.18. The number of halogens is 2. The van der Waals surface area contributed by atoms with Crippen LogP contribution in [0.4, 0.5) is 14.6 Å². The maximum atomic E-state index is 12.1. The van der Waals surface area contributed by atoms with Crippen LogP contribution in [-0.4, -0.2) is 29.5 Å². The predicted octanol–water partition coefficient (Wildman–Crippen LogP) is 2.89. The summed E-state index contributed by atoms with van der Waals surface area (Å²) in [5.74, 6) is 1.44. The van der Waals surface area contributed by atoms with Crippen molar-refractivity contribution in [3.05, 3.63) is 11.9 Å². The minimum Gasteiger partial charge on any atom is -0.471 e. The molecule has 0 atom stereocenters. The van der Waals surface area contributed by atoms with Gasteiger partial charge in [-0.3, -0.25) is 0 Å². The highest BCUT2D eigenvalue weighted by molar-refractivity contribution is 5.38. The fraction of sp³-hybridized carbons (Fsp3) is 0.667. The second-order valence-corrected chi connectivity index (χ2v) is 3.89. The molecule has 0 aromatic carbocycles. The number of anilines is 1. The van der Waals surface area contributed by atoms with Crippen molar-refractivity contribution in [1.29, 1.82) is 0 Å². The van der Waals surface area contributed by atoms with E-state index in [4.69, 9.17) is 4.74 Å². The zero-order valence-corrected chi connectivity index (χ0v) is 10.7. The van der Waals surface area contributed by atoms with Gasteiger partial charge in [0.15, 0.2) is 6.61 Å². The van der Waals surface area contributed by atoms with Gasteiger partial charge in [0.2, 0.25) is 5.88 Å². The second kappa shape index (κ2) is 7.79. The topological polar surface area (TPSA) is 47.0 Å². The summed E-state index contributed by atoms with van der Waals surface area (Å²) < 4.78 is 29.1. The molecule has 0 saturated carbocycles. The molecule has 1 N–H and O–H groups in total. The van der Waals surface area contributed by atoms with Crippen molar-refractivity contribution < 1.29 is 13.5 Å². The van der Waals surface area contributed by atoms with Crippen molar-refractivity contribution >= 4 is 5.82 Å². The van der Waals surface area contributed by atoms with Gasteiger partial charge < -0.3 is 10.1 Å². The Morgan fingerprint density at radius 3 is 2.67 bits per heavy atom. The van der Waals surface area contributed by atoms with Crippen LogP contribution in [0.15, 0.2) is 6.07 Å². The molecule has 4 nitrogen and oxygen atoms in total. The van der Waals surface area contributed by atoms with Gasteiger partial charge in [-0.05, 0) is 12.8 Å². The van der Waals surface area contributed by atoms with Gasteiger partial charge in [-0.15, -0.1) is 0 Å². The van der Waals surface area contributed by atoms with E-state index in [1.165, 1.54) is 0 Å². The number of ether oxygens (including phenoxy) is 1. The molecule has 1 rings (SSSR count). The minimum atomic E-state index is -2.50. The summed E-state index contributed by atoms with van der Waals surface area (Å²) in [4.78, 5) is 8.39. The predicted molar refractivity (Wildman–Crippen MR) is 66.3 cm³/mol. The minimum absolute atomic E-state index is 0.201. The molecule has 1 aromatic heterocycles. The van der Waals surface area contributed by atoms with Gasteiger partial charge in [0, 0.05) is 19.0 Å². The molecule has 0 aliphatic heterocycles. The third-order valence-corrected chi connectivity index (χ3v) is 2.14. The normalized spacial score (nSPS) is 10.7. The van der Waals surface area contributed by atoms with E-state index < -0.39 is 13.0 Å². The fourth-order valence-electron chi connectivity index (χ4n) is 1.37. The summed E-state index contributed by atoms with van der Waals surface area (Å²) >= 11 is 0. The largest absolute Gasteiger partial charge is 0.471 e. The highest BCUT2D eigenvalue weighted by Crippen LogP contribution is 2.15. The van der Waals surface area contributed by atoms with Crippen molar-refractivity contribution in [2.75, 3.05) is 18.5 Å². The Kier molecular flexibility index (Phi) is 6.32. The van der Waals surface area contributed by atoms with Crippen LogP contribution in [0.25, 0.3) is 0 Å². The molecule has 6 heteroatoms. The number of nitrogens with one attached hydrogen (secondary N) is 1. The molecule has 0 amide bonds. The lowest BCUT2D eigenvalue weighted by Crippen LogP contribution is -2.11. The van der Waals surface area contributed by atoms with Crippen LogP contribution in [0.3, 0.4) is 0 Å². The standard InChI is InChI=1S/C12H19F2N3O/c1-3-5-10-16-11(15-6-4-2)7-12(17-10)18-8-9(13)14/h7,9H,3-6,8H2,1-2H3,(H,15,16,17). The van der Waals surface area contributed by atoms with E-state index in [9.17, 15) is 8.78 Å². The second-order valence-electron chi connectivity index (χ2n) is 3.89. The van der Waals surface area contributed by atoms with Gasteiger partial charge in [0.1, 0.15) is 11.6 Å². The maximum absolute atomic E-state index is 12.1. The van der Waals surface area contributed by atoms with E-state index >= 15 is 0 Å². The molecule has 0 saturated heterocycles. The van der Waals surface area contributed by atoms with Gasteiger partial charge >= 0.3 is 0 Å². The molecule has 0 unspecified atom stereocenters. The molecule has 18 heavy (non-hydrogen) atoms. The molecule has 1 heterocycles. The van der Waals surface area contributed by atoms with Crippen molar-refractivity contribution in [2.24, 2.45) is 0 Å². The first-order chi connectivity index (χ1) is 8.65. The molecule has 1 aromatic rings. The molecule has 0 radical (unpaired) electrons. The van der Waals surface area contributed by atoms with Crippen LogP contribution in [0.2, 0.25) is 0 Å². The highest BCUT2D eigenvalue weighted by atomic mass is 19.3. The van der Waals surface area contributed by atoms with E-state index in [0.717, 1.165) is 19.4 Å². The first kappa shape index (κ1) is 14.6. The number of aromatic nitrogens is 2. The van der Waals surface area contributed by atoms with Gasteiger partial charge in [-0.25, -0.2) is 13.8 Å². The summed E-state index contributed by atoms with van der Waals surface area (Å²) in [6, 6.07) is 1.55. The molecule has 0 aliphatic rings. The fourth-order valence-corrected chi connectivity index (χ4v) is 1.37. The Morgan fingerprint density at radius 1 is 1.28 bits per heavy atom. The summed E-state index contributed by atoms with van der Waals surface area (Å²) in [7, 11) is 0. The Bertz CT molecular complexity index is 361. The molecule has 0 aliphatic carbocycles. The molecule has 0 fully saturated rings. The van der Waals surface area contributed by atoms with Crippen LogP contribution < -0.4 is 10.1 Å². The smallest absolute Gasteiger partial charge is 0.272 e. The van der Waals surface area contributed by atoms with Crippen molar-refractivity contribution in [2.45, 2.75) is 39.5 Å². The number of rotatable bonds is 8. The van der Waals surface area contributed by atoms with Gasteiger partial charge in [0.25, 0.3) is 6.43 Å². The number of hydrogen-bond acceptors (Lipinski definition) is 4. The average Bonchev–Trinajstić information content (AvgIpc) is 2.34. The van der Waals surface area contributed by atoms with E-state index in [-0.39, 0.29) is 5.88 Å². The zero-order chi connectivity index (χ0) is 13.4. The first-order valence-corrected chi connectivity index (χ1v) is 6.18. The molecule has 0 spiro atoms. The van der Waals surface area contributed by atoms with Gasteiger partial charge in [0.05, 0.1) is 0 Å². The van der Waals surface area contributed by atoms with Crippen LogP contribution in [-0.2, 0) is 6.42 Å². The summed E-state index contributed by atoms with van der Waals surface area (Å²) in [5.41, 5.74) is 0. The van der Waals surface area contributed by atoms with Crippen LogP contribution >= 0.6 is 0 Å². The summed E-state index contributed by atoms with van der Waals surface area (Å²) in [5, 5.41) is 3.10. The number of alkyl halides is 2. The zero-order valence-electron chi connectivity index (χ0n) is 10.7. The quantitative estimate of drug-likeness (QED) is 0.779. The lowest BCUT2D eigenvalue weighted by atomic mass is 10.3. The number of hydrogen-bond donors (Lipinski definition) is 1. The van der Waals surface area contributed by atoms with E-state index in [1.54, 1.807) is 6.07 Å². The van der Waals surface area contributed by atoms with Gasteiger partial charge in [-0.2, -0.15) is 4.98 Å². The van der Waals surface area contributed by atoms with E-state index in [2.05, 4.69) is 15.3 Å². The molecular weight excluding hydrogens is 240 g/mol. The van der Waals surface area contributed by atoms with E-state index in [1.807, 2.05) is 13.8 Å². The average molecular weight is 259 g/mol. The number of nitrogens with zero attached hydrogens (tertiary/aromatic N) is 2. The summed E-state index contributed by atoms with van der Waals surface area (Å²) in [6.07, 6.45) is 0.0556. The van der Waals surface area contributed by atoms with Crippen molar-refractivity contribution in [3.63, 3.8) is 0 Å². The van der Waals surface area contributed by atoms with Crippen LogP contribution in [0, 0.1) is 0 Å². The van der Waals surface area contributed by atoms with E-state index in [0.29, 0.717) is 18.1 Å². The van der Waals surface area contributed by atoms with Crippen molar-refractivity contribution in [1.82, 2.24) is 9.97 Å². The molecule has 102 valence electrons. The SMILES string of the molecule is CCCNc1cc(OCC(F)F)nc(CCC)n1. The van der Waals surface area contributed by atoms with Crippen LogP contribution in [0.5, 0.6) is 5.88 Å². The Labute approximate surface area is 106 Å². The highest BCUT2D eigenvalue weighted by Gasteiger charge is 2.08. The van der Waals surface area contributed by atoms with Crippen LogP contribution in [0.1, 0.15) is 32.5 Å². The van der Waals surface area contributed by atoms with Gasteiger partial charge in [-0.1, -0.05) is 13.8 Å². The Morgan fingerprint density at radius 2 is 2.06 bits per heavy atom. The Balaban J connectivity index is 2.76. The Hall–Kier alpha value is -1.46. The lowest BCUT2D eigenvalue weighted by molar-refractivity contribution is 0.0794.